The Morgan fingerprint density at radius 1 is 1.17 bits per heavy atom. The number of benzene rings is 1. The third-order valence-electron chi connectivity index (χ3n) is 2.88. The summed E-state index contributed by atoms with van der Waals surface area (Å²) in [6.07, 6.45) is 0. The lowest BCUT2D eigenvalue weighted by Gasteiger charge is -2.30. The van der Waals surface area contributed by atoms with Crippen molar-refractivity contribution in [3.05, 3.63) is 35.6 Å². The molecule has 1 fully saturated rings. The molecule has 1 amide bonds. The highest BCUT2D eigenvalue weighted by molar-refractivity contribution is 5.85. The highest BCUT2D eigenvalue weighted by Crippen LogP contribution is 2.30. The number of carbonyl (C=O) groups excluding carboxylic acids is 1. The summed E-state index contributed by atoms with van der Waals surface area (Å²) >= 11 is 0. The molecule has 1 N–H and O–H groups in total. The van der Waals surface area contributed by atoms with Crippen molar-refractivity contribution in [1.29, 1.82) is 0 Å². The Hall–Kier alpha value is -1.56. The van der Waals surface area contributed by atoms with Gasteiger partial charge in [-0.1, -0.05) is 0 Å². The zero-order valence-electron chi connectivity index (χ0n) is 9.63. The fourth-order valence-corrected chi connectivity index (χ4v) is 1.85. The Balaban J connectivity index is 2.18. The average Bonchev–Trinajstić information content (AvgIpc) is 2.39. The van der Waals surface area contributed by atoms with Crippen LogP contribution in [-0.2, 0) is 10.7 Å². The molecule has 6 heteroatoms. The van der Waals surface area contributed by atoms with E-state index in [2.05, 4.69) is 5.32 Å². The molecular weight excluding hydrogens is 245 g/mol. The van der Waals surface area contributed by atoms with Crippen LogP contribution < -0.4 is 5.32 Å². The monoisotopic (exact) mass is 258 g/mol. The summed E-state index contributed by atoms with van der Waals surface area (Å²) in [6, 6.07) is 3.73. The minimum absolute atomic E-state index is 0.260. The molecule has 1 aromatic rings. The summed E-state index contributed by atoms with van der Waals surface area (Å²) in [7, 11) is 0. The summed E-state index contributed by atoms with van der Waals surface area (Å²) in [6.45, 7) is 1.53. The van der Waals surface area contributed by atoms with Crippen LogP contribution >= 0.6 is 0 Å². The predicted molar refractivity (Wildman–Crippen MR) is 59.7 cm³/mol. The molecule has 0 saturated carbocycles. The molecule has 0 aromatic heterocycles. The smallest absolute Gasteiger partial charge is 0.335 e. The van der Waals surface area contributed by atoms with Crippen molar-refractivity contribution in [2.24, 2.45) is 0 Å². The molecule has 0 atom stereocenters. The average molecular weight is 258 g/mol. The van der Waals surface area contributed by atoms with Gasteiger partial charge in [-0.25, -0.2) is 4.39 Å². The van der Waals surface area contributed by atoms with E-state index >= 15 is 0 Å². The van der Waals surface area contributed by atoms with E-state index in [0.717, 1.165) is 29.2 Å². The predicted octanol–water partition coefficient (Wildman–Crippen LogP) is 1.35. The first kappa shape index (κ1) is 12.9. The van der Waals surface area contributed by atoms with Gasteiger partial charge >= 0.3 is 5.92 Å². The Labute approximate surface area is 103 Å². The van der Waals surface area contributed by atoms with E-state index in [1.807, 2.05) is 0 Å². The Kier molecular flexibility index (Phi) is 3.56. The number of carbonyl (C=O) groups is 1. The quantitative estimate of drug-likeness (QED) is 0.868. The lowest BCUT2D eigenvalue weighted by molar-refractivity contribution is -0.159. The number of alkyl halides is 2. The van der Waals surface area contributed by atoms with Crippen LogP contribution in [0.5, 0.6) is 0 Å². The first-order chi connectivity index (χ1) is 8.51. The molecule has 1 aliphatic rings. The van der Waals surface area contributed by atoms with Crippen LogP contribution in [0.25, 0.3) is 0 Å². The van der Waals surface area contributed by atoms with Gasteiger partial charge in [-0.15, -0.1) is 0 Å². The van der Waals surface area contributed by atoms with E-state index < -0.39 is 23.2 Å². The van der Waals surface area contributed by atoms with Crippen LogP contribution in [0.15, 0.2) is 24.3 Å². The number of amides is 1. The molecule has 0 unspecified atom stereocenters. The maximum Gasteiger partial charge on any atom is 0.349 e. The van der Waals surface area contributed by atoms with E-state index in [4.69, 9.17) is 0 Å². The second kappa shape index (κ2) is 4.97. The fourth-order valence-electron chi connectivity index (χ4n) is 1.85. The van der Waals surface area contributed by atoms with Crippen LogP contribution in [0.3, 0.4) is 0 Å². The van der Waals surface area contributed by atoms with Crippen LogP contribution in [0.1, 0.15) is 5.56 Å². The zero-order valence-corrected chi connectivity index (χ0v) is 9.63. The largest absolute Gasteiger partial charge is 0.349 e. The standard InChI is InChI=1S/C12H13F3N2O/c13-10-3-1-9(2-4-10)12(14,15)11(18)17-7-5-16-6-8-17/h1-4,16H,5-8H2. The highest BCUT2D eigenvalue weighted by Gasteiger charge is 2.44. The normalized spacial score (nSPS) is 16.7. The summed E-state index contributed by atoms with van der Waals surface area (Å²) < 4.78 is 40.5. The molecule has 1 aromatic carbocycles. The molecule has 0 aliphatic carbocycles. The van der Waals surface area contributed by atoms with Crippen molar-refractivity contribution in [3.8, 4) is 0 Å². The van der Waals surface area contributed by atoms with Gasteiger partial charge in [0.2, 0.25) is 0 Å². The lowest BCUT2D eigenvalue weighted by atomic mass is 10.1. The van der Waals surface area contributed by atoms with Gasteiger partial charge in [0.1, 0.15) is 5.82 Å². The van der Waals surface area contributed by atoms with Crippen LogP contribution in [0.4, 0.5) is 13.2 Å². The molecule has 98 valence electrons. The molecule has 0 bridgehead atoms. The van der Waals surface area contributed by atoms with Gasteiger partial charge < -0.3 is 10.2 Å². The Morgan fingerprint density at radius 2 is 1.72 bits per heavy atom. The van der Waals surface area contributed by atoms with E-state index in [0.29, 0.717) is 13.1 Å². The molecule has 1 heterocycles. The first-order valence-electron chi connectivity index (χ1n) is 5.66. The van der Waals surface area contributed by atoms with Crippen molar-refractivity contribution in [3.63, 3.8) is 0 Å². The number of hydrogen-bond acceptors (Lipinski definition) is 2. The van der Waals surface area contributed by atoms with E-state index in [1.165, 1.54) is 0 Å². The SMILES string of the molecule is O=C(N1CCNCC1)C(F)(F)c1ccc(F)cc1. The second-order valence-corrected chi connectivity index (χ2v) is 4.12. The van der Waals surface area contributed by atoms with Crippen molar-refractivity contribution in [2.45, 2.75) is 5.92 Å². The summed E-state index contributed by atoms with van der Waals surface area (Å²) in [4.78, 5) is 12.9. The molecule has 0 spiro atoms. The fraction of sp³-hybridized carbons (Fsp3) is 0.417. The molecule has 2 rings (SSSR count). The molecule has 0 radical (unpaired) electrons. The third-order valence-corrected chi connectivity index (χ3v) is 2.88. The van der Waals surface area contributed by atoms with Crippen LogP contribution in [0, 0.1) is 5.82 Å². The van der Waals surface area contributed by atoms with Gasteiger partial charge in [0.05, 0.1) is 0 Å². The van der Waals surface area contributed by atoms with Gasteiger partial charge in [-0.05, 0) is 24.3 Å². The minimum Gasteiger partial charge on any atom is -0.335 e. The van der Waals surface area contributed by atoms with E-state index in [-0.39, 0.29) is 13.1 Å². The van der Waals surface area contributed by atoms with E-state index in [1.54, 1.807) is 0 Å². The van der Waals surface area contributed by atoms with Crippen molar-refractivity contribution < 1.29 is 18.0 Å². The minimum atomic E-state index is -3.61. The van der Waals surface area contributed by atoms with Gasteiger partial charge in [-0.3, -0.25) is 4.79 Å². The van der Waals surface area contributed by atoms with E-state index in [9.17, 15) is 18.0 Å². The van der Waals surface area contributed by atoms with Gasteiger partial charge in [0.25, 0.3) is 5.91 Å². The van der Waals surface area contributed by atoms with Crippen LogP contribution in [0.2, 0.25) is 0 Å². The topological polar surface area (TPSA) is 32.3 Å². The highest BCUT2D eigenvalue weighted by atomic mass is 19.3. The number of nitrogens with one attached hydrogen (secondary N) is 1. The van der Waals surface area contributed by atoms with Gasteiger partial charge in [0.15, 0.2) is 0 Å². The second-order valence-electron chi connectivity index (χ2n) is 4.12. The maximum atomic E-state index is 13.9. The molecule has 18 heavy (non-hydrogen) atoms. The molecule has 3 nitrogen and oxygen atoms in total. The number of hydrogen-bond donors (Lipinski definition) is 1. The molecule has 1 aliphatic heterocycles. The van der Waals surface area contributed by atoms with Gasteiger partial charge in [0, 0.05) is 31.7 Å². The van der Waals surface area contributed by atoms with Crippen molar-refractivity contribution in [1.82, 2.24) is 10.2 Å². The number of nitrogens with zero attached hydrogens (tertiary/aromatic N) is 1. The third kappa shape index (κ3) is 2.48. The zero-order chi connectivity index (χ0) is 13.2. The molecular formula is C12H13F3N2O. The Bertz CT molecular complexity index is 427. The maximum absolute atomic E-state index is 13.9. The number of piperazine rings is 1. The first-order valence-corrected chi connectivity index (χ1v) is 5.66. The number of halogens is 3. The summed E-state index contributed by atoms with van der Waals surface area (Å²) in [5.41, 5.74) is -0.479. The Morgan fingerprint density at radius 3 is 2.28 bits per heavy atom. The molecule has 1 saturated heterocycles. The van der Waals surface area contributed by atoms with Crippen molar-refractivity contribution in [2.75, 3.05) is 26.2 Å². The van der Waals surface area contributed by atoms with Gasteiger partial charge in [-0.2, -0.15) is 8.78 Å². The van der Waals surface area contributed by atoms with Crippen molar-refractivity contribution >= 4 is 5.91 Å². The summed E-state index contributed by atoms with van der Waals surface area (Å²) in [5.74, 6) is -5.44. The lowest BCUT2D eigenvalue weighted by Crippen LogP contribution is -2.51. The van der Waals surface area contributed by atoms with Crippen LogP contribution in [-0.4, -0.2) is 37.0 Å². The number of rotatable bonds is 2. The summed E-state index contributed by atoms with van der Waals surface area (Å²) in [5, 5.41) is 2.98.